The monoisotopic (exact) mass is 170 g/mol. The van der Waals surface area contributed by atoms with Crippen molar-refractivity contribution in [1.82, 2.24) is 0 Å². The number of ether oxygens (including phenoxy) is 1. The lowest BCUT2D eigenvalue weighted by Gasteiger charge is -2.11. The number of aliphatic carboxylic acids is 1. The summed E-state index contributed by atoms with van der Waals surface area (Å²) < 4.78 is 5.23. The Labute approximate surface area is 72.0 Å². The standard InChI is InChI=1S/C9H14O3/c1-2-5-12-7-9(3-4-9)6-8(10)11/h2H,1,3-7H2,(H,10,11). The van der Waals surface area contributed by atoms with Gasteiger partial charge in [-0.3, -0.25) is 4.79 Å². The first kappa shape index (κ1) is 9.26. The Hall–Kier alpha value is -0.830. The molecule has 0 aromatic carbocycles. The summed E-state index contributed by atoms with van der Waals surface area (Å²) in [6.45, 7) is 4.60. The molecule has 1 fully saturated rings. The van der Waals surface area contributed by atoms with E-state index in [-0.39, 0.29) is 11.8 Å². The predicted molar refractivity (Wildman–Crippen MR) is 44.9 cm³/mol. The average molecular weight is 170 g/mol. The Kier molecular flexibility index (Phi) is 2.87. The maximum absolute atomic E-state index is 10.4. The molecule has 12 heavy (non-hydrogen) atoms. The second-order valence-corrected chi connectivity index (χ2v) is 3.37. The van der Waals surface area contributed by atoms with Crippen molar-refractivity contribution in [2.24, 2.45) is 5.41 Å². The van der Waals surface area contributed by atoms with Gasteiger partial charge in [0.25, 0.3) is 0 Å². The van der Waals surface area contributed by atoms with Gasteiger partial charge in [0, 0.05) is 5.41 Å². The Bertz CT molecular complexity index is 182. The molecular weight excluding hydrogens is 156 g/mol. The van der Waals surface area contributed by atoms with Crippen LogP contribution in [0, 0.1) is 5.41 Å². The minimum Gasteiger partial charge on any atom is -0.481 e. The van der Waals surface area contributed by atoms with Crippen molar-refractivity contribution in [2.75, 3.05) is 13.2 Å². The summed E-state index contributed by atoms with van der Waals surface area (Å²) in [7, 11) is 0. The highest BCUT2D eigenvalue weighted by atomic mass is 16.5. The second-order valence-electron chi connectivity index (χ2n) is 3.37. The molecule has 0 heterocycles. The third-order valence-electron chi connectivity index (χ3n) is 2.13. The molecule has 68 valence electrons. The van der Waals surface area contributed by atoms with E-state index in [4.69, 9.17) is 9.84 Å². The van der Waals surface area contributed by atoms with E-state index >= 15 is 0 Å². The highest BCUT2D eigenvalue weighted by Crippen LogP contribution is 2.48. The van der Waals surface area contributed by atoms with Gasteiger partial charge in [0.05, 0.1) is 19.6 Å². The first-order valence-corrected chi connectivity index (χ1v) is 4.09. The van der Waals surface area contributed by atoms with Gasteiger partial charge in [-0.1, -0.05) is 6.08 Å². The minimum absolute atomic E-state index is 0.0468. The maximum Gasteiger partial charge on any atom is 0.303 e. The molecule has 1 rings (SSSR count). The number of rotatable bonds is 6. The summed E-state index contributed by atoms with van der Waals surface area (Å²) in [5.41, 5.74) is -0.0468. The van der Waals surface area contributed by atoms with Crippen LogP contribution in [0.4, 0.5) is 0 Å². The largest absolute Gasteiger partial charge is 0.481 e. The van der Waals surface area contributed by atoms with Gasteiger partial charge in [0.2, 0.25) is 0 Å². The number of hydrogen-bond acceptors (Lipinski definition) is 2. The summed E-state index contributed by atoms with van der Waals surface area (Å²) in [6, 6.07) is 0. The summed E-state index contributed by atoms with van der Waals surface area (Å²) in [5, 5.41) is 8.57. The van der Waals surface area contributed by atoms with Crippen LogP contribution in [0.1, 0.15) is 19.3 Å². The van der Waals surface area contributed by atoms with Crippen LogP contribution in [0.2, 0.25) is 0 Å². The lowest BCUT2D eigenvalue weighted by Crippen LogP contribution is -2.15. The van der Waals surface area contributed by atoms with Gasteiger partial charge in [-0.25, -0.2) is 0 Å². The van der Waals surface area contributed by atoms with Crippen molar-refractivity contribution >= 4 is 5.97 Å². The summed E-state index contributed by atoms with van der Waals surface area (Å²) in [4.78, 5) is 10.4. The highest BCUT2D eigenvalue weighted by Gasteiger charge is 2.44. The average Bonchev–Trinajstić information content (AvgIpc) is 2.69. The first-order chi connectivity index (χ1) is 5.68. The number of hydrogen-bond donors (Lipinski definition) is 1. The Morgan fingerprint density at radius 1 is 1.67 bits per heavy atom. The summed E-state index contributed by atoms with van der Waals surface area (Å²) in [6.07, 6.45) is 3.88. The predicted octanol–water partition coefficient (Wildman–Crippen LogP) is 1.44. The van der Waals surface area contributed by atoms with E-state index in [0.717, 1.165) is 12.8 Å². The van der Waals surface area contributed by atoms with Crippen LogP contribution in [-0.2, 0) is 9.53 Å². The minimum atomic E-state index is -0.727. The van der Waals surface area contributed by atoms with Crippen molar-refractivity contribution in [3.05, 3.63) is 12.7 Å². The molecule has 1 aliphatic rings. The Morgan fingerprint density at radius 3 is 2.75 bits per heavy atom. The van der Waals surface area contributed by atoms with Crippen molar-refractivity contribution in [3.8, 4) is 0 Å². The van der Waals surface area contributed by atoms with Crippen LogP contribution in [0.5, 0.6) is 0 Å². The summed E-state index contributed by atoms with van der Waals surface area (Å²) >= 11 is 0. The molecule has 0 unspecified atom stereocenters. The molecule has 0 amide bonds. The Morgan fingerprint density at radius 2 is 2.33 bits per heavy atom. The molecule has 3 nitrogen and oxygen atoms in total. The molecule has 1 N–H and O–H groups in total. The fourth-order valence-electron chi connectivity index (χ4n) is 1.23. The molecule has 0 bridgehead atoms. The molecule has 1 aliphatic carbocycles. The van der Waals surface area contributed by atoms with Gasteiger partial charge in [-0.2, -0.15) is 0 Å². The van der Waals surface area contributed by atoms with Gasteiger partial charge in [-0.05, 0) is 12.8 Å². The molecule has 0 aromatic rings. The van der Waals surface area contributed by atoms with Gasteiger partial charge in [0.1, 0.15) is 0 Å². The molecule has 3 heteroatoms. The van der Waals surface area contributed by atoms with E-state index in [1.807, 2.05) is 0 Å². The molecule has 0 atom stereocenters. The smallest absolute Gasteiger partial charge is 0.303 e. The van der Waals surface area contributed by atoms with E-state index in [0.29, 0.717) is 13.2 Å². The normalized spacial score (nSPS) is 18.7. The lowest BCUT2D eigenvalue weighted by atomic mass is 10.0. The number of carboxylic acids is 1. The SMILES string of the molecule is C=CCOCC1(CC(=O)O)CC1. The van der Waals surface area contributed by atoms with Crippen molar-refractivity contribution in [2.45, 2.75) is 19.3 Å². The fraction of sp³-hybridized carbons (Fsp3) is 0.667. The van der Waals surface area contributed by atoms with Gasteiger partial charge in [0.15, 0.2) is 0 Å². The fourth-order valence-corrected chi connectivity index (χ4v) is 1.23. The molecule has 1 saturated carbocycles. The second kappa shape index (κ2) is 3.72. The quantitative estimate of drug-likeness (QED) is 0.484. The number of carboxylic acid groups (broad SMARTS) is 1. The Balaban J connectivity index is 2.20. The van der Waals surface area contributed by atoms with E-state index in [1.54, 1.807) is 6.08 Å². The van der Waals surface area contributed by atoms with Crippen LogP contribution in [0.3, 0.4) is 0 Å². The van der Waals surface area contributed by atoms with E-state index < -0.39 is 5.97 Å². The van der Waals surface area contributed by atoms with Crippen LogP contribution < -0.4 is 0 Å². The molecule has 0 aromatic heterocycles. The van der Waals surface area contributed by atoms with Crippen LogP contribution in [0.25, 0.3) is 0 Å². The van der Waals surface area contributed by atoms with E-state index in [9.17, 15) is 4.79 Å². The molecule has 0 saturated heterocycles. The van der Waals surface area contributed by atoms with Crippen molar-refractivity contribution in [1.29, 1.82) is 0 Å². The molecule has 0 spiro atoms. The zero-order valence-corrected chi connectivity index (χ0v) is 7.08. The molecule has 0 radical (unpaired) electrons. The van der Waals surface area contributed by atoms with Crippen LogP contribution in [0.15, 0.2) is 12.7 Å². The van der Waals surface area contributed by atoms with Gasteiger partial charge >= 0.3 is 5.97 Å². The first-order valence-electron chi connectivity index (χ1n) is 4.09. The van der Waals surface area contributed by atoms with Crippen molar-refractivity contribution < 1.29 is 14.6 Å². The van der Waals surface area contributed by atoms with E-state index in [2.05, 4.69) is 6.58 Å². The van der Waals surface area contributed by atoms with Gasteiger partial charge < -0.3 is 9.84 Å². The van der Waals surface area contributed by atoms with Crippen LogP contribution in [-0.4, -0.2) is 24.3 Å². The summed E-state index contributed by atoms with van der Waals surface area (Å²) in [5.74, 6) is -0.727. The van der Waals surface area contributed by atoms with E-state index in [1.165, 1.54) is 0 Å². The number of carbonyl (C=O) groups is 1. The lowest BCUT2D eigenvalue weighted by molar-refractivity contribution is -0.139. The topological polar surface area (TPSA) is 46.5 Å². The van der Waals surface area contributed by atoms with Crippen LogP contribution >= 0.6 is 0 Å². The van der Waals surface area contributed by atoms with Gasteiger partial charge in [-0.15, -0.1) is 6.58 Å². The van der Waals surface area contributed by atoms with Crippen molar-refractivity contribution in [3.63, 3.8) is 0 Å². The zero-order chi connectivity index (χ0) is 9.03. The maximum atomic E-state index is 10.4. The third-order valence-corrected chi connectivity index (χ3v) is 2.13. The molecule has 0 aliphatic heterocycles. The highest BCUT2D eigenvalue weighted by molar-refractivity contribution is 5.68. The zero-order valence-electron chi connectivity index (χ0n) is 7.08. The third kappa shape index (κ3) is 2.66. The molecular formula is C9H14O3.